The van der Waals surface area contributed by atoms with Crippen LogP contribution in [0, 0.1) is 35.5 Å². The average Bonchev–Trinajstić information content (AvgIpc) is 2.02. The predicted octanol–water partition coefficient (Wildman–Crippen LogP) is 4.60. The molecule has 4 unspecified atom stereocenters. The molecule has 0 heteroatoms. The molecular formula is C14H28. The van der Waals surface area contributed by atoms with E-state index in [1.54, 1.807) is 0 Å². The summed E-state index contributed by atoms with van der Waals surface area (Å²) in [5.74, 6) is 5.58. The van der Waals surface area contributed by atoms with E-state index in [2.05, 4.69) is 41.5 Å². The molecule has 1 aliphatic rings. The average molecular weight is 196 g/mol. The van der Waals surface area contributed by atoms with Crippen LogP contribution in [0.5, 0.6) is 0 Å². The summed E-state index contributed by atoms with van der Waals surface area (Å²) in [6.45, 7) is 14.5. The first-order chi connectivity index (χ1) is 6.43. The molecule has 0 radical (unpaired) electrons. The molecule has 1 saturated carbocycles. The topological polar surface area (TPSA) is 0 Å². The molecule has 0 amide bonds. The van der Waals surface area contributed by atoms with Crippen molar-refractivity contribution in [2.75, 3.05) is 0 Å². The van der Waals surface area contributed by atoms with Crippen LogP contribution < -0.4 is 0 Å². The molecule has 0 bridgehead atoms. The lowest BCUT2D eigenvalue weighted by atomic mass is 9.63. The van der Waals surface area contributed by atoms with E-state index < -0.39 is 0 Å². The predicted molar refractivity (Wildman–Crippen MR) is 64.2 cm³/mol. The van der Waals surface area contributed by atoms with E-state index in [9.17, 15) is 0 Å². The molecule has 0 spiro atoms. The van der Waals surface area contributed by atoms with Crippen molar-refractivity contribution in [1.82, 2.24) is 0 Å². The zero-order chi connectivity index (χ0) is 10.9. The Morgan fingerprint density at radius 2 is 1.07 bits per heavy atom. The molecule has 1 rings (SSSR count). The maximum absolute atomic E-state index is 2.46. The number of hydrogen-bond acceptors (Lipinski definition) is 0. The lowest BCUT2D eigenvalue weighted by Crippen LogP contribution is -2.34. The Kier molecular flexibility index (Phi) is 4.04. The summed E-state index contributed by atoms with van der Waals surface area (Å²) in [6.07, 6.45) is 2.92. The smallest absolute Gasteiger partial charge is 0.0362 e. The third kappa shape index (κ3) is 2.52. The van der Waals surface area contributed by atoms with Gasteiger partial charge in [-0.3, -0.25) is 0 Å². The Labute approximate surface area is 90.5 Å². The first-order valence-corrected chi connectivity index (χ1v) is 6.43. The van der Waals surface area contributed by atoms with Gasteiger partial charge in [0.15, 0.2) is 0 Å². The molecule has 0 aromatic heterocycles. The van der Waals surface area contributed by atoms with E-state index in [-0.39, 0.29) is 0 Å². The van der Waals surface area contributed by atoms with Gasteiger partial charge in [0.2, 0.25) is 0 Å². The SMILES string of the molecule is CC(C)C1CC(C(C)C)C(C)CC1C. The molecule has 0 heterocycles. The number of hydrogen-bond donors (Lipinski definition) is 0. The fourth-order valence-corrected chi connectivity index (χ4v) is 3.57. The van der Waals surface area contributed by atoms with E-state index >= 15 is 0 Å². The van der Waals surface area contributed by atoms with Crippen LogP contribution in [0.1, 0.15) is 54.4 Å². The first-order valence-electron chi connectivity index (χ1n) is 6.43. The van der Waals surface area contributed by atoms with Crippen molar-refractivity contribution in [2.24, 2.45) is 35.5 Å². The number of rotatable bonds is 2. The van der Waals surface area contributed by atoms with Crippen LogP contribution in [0.2, 0.25) is 0 Å². The highest BCUT2D eigenvalue weighted by Crippen LogP contribution is 2.43. The van der Waals surface area contributed by atoms with Crippen LogP contribution in [-0.4, -0.2) is 0 Å². The van der Waals surface area contributed by atoms with Gasteiger partial charge in [0.25, 0.3) is 0 Å². The normalized spacial score (nSPS) is 39.4. The third-order valence-corrected chi connectivity index (χ3v) is 4.46. The lowest BCUT2D eigenvalue weighted by Gasteiger charge is -2.42. The Balaban J connectivity index is 2.65. The second-order valence-corrected chi connectivity index (χ2v) is 6.24. The van der Waals surface area contributed by atoms with Gasteiger partial charge in [-0.1, -0.05) is 41.5 Å². The van der Waals surface area contributed by atoms with Gasteiger partial charge in [-0.2, -0.15) is 0 Å². The second-order valence-electron chi connectivity index (χ2n) is 6.24. The minimum Gasteiger partial charge on any atom is -0.0625 e. The molecule has 0 aromatic rings. The van der Waals surface area contributed by atoms with Crippen molar-refractivity contribution in [3.05, 3.63) is 0 Å². The minimum absolute atomic E-state index is 0.874. The molecule has 1 aliphatic carbocycles. The van der Waals surface area contributed by atoms with Crippen LogP contribution in [0.15, 0.2) is 0 Å². The molecule has 0 aromatic carbocycles. The summed E-state index contributed by atoms with van der Waals surface area (Å²) < 4.78 is 0. The Bertz CT molecular complexity index is 151. The van der Waals surface area contributed by atoms with Gasteiger partial charge in [0.1, 0.15) is 0 Å². The third-order valence-electron chi connectivity index (χ3n) is 4.46. The molecule has 0 nitrogen and oxygen atoms in total. The fourth-order valence-electron chi connectivity index (χ4n) is 3.57. The van der Waals surface area contributed by atoms with E-state index in [1.165, 1.54) is 12.8 Å². The summed E-state index contributed by atoms with van der Waals surface area (Å²) in [7, 11) is 0. The maximum atomic E-state index is 2.46. The van der Waals surface area contributed by atoms with Gasteiger partial charge in [0.05, 0.1) is 0 Å². The van der Waals surface area contributed by atoms with Crippen molar-refractivity contribution < 1.29 is 0 Å². The second kappa shape index (κ2) is 4.68. The largest absolute Gasteiger partial charge is 0.0625 e. The van der Waals surface area contributed by atoms with Crippen LogP contribution in [0.25, 0.3) is 0 Å². The molecule has 1 fully saturated rings. The van der Waals surface area contributed by atoms with E-state index in [0.29, 0.717) is 0 Å². The van der Waals surface area contributed by atoms with Gasteiger partial charge in [-0.25, -0.2) is 0 Å². The van der Waals surface area contributed by atoms with Gasteiger partial charge in [-0.05, 0) is 48.3 Å². The van der Waals surface area contributed by atoms with Crippen molar-refractivity contribution in [3.63, 3.8) is 0 Å². The van der Waals surface area contributed by atoms with E-state index in [1.807, 2.05) is 0 Å². The highest BCUT2D eigenvalue weighted by Gasteiger charge is 2.35. The molecular weight excluding hydrogens is 168 g/mol. The van der Waals surface area contributed by atoms with Gasteiger partial charge >= 0.3 is 0 Å². The van der Waals surface area contributed by atoms with Gasteiger partial charge in [0, 0.05) is 0 Å². The summed E-state index contributed by atoms with van der Waals surface area (Å²) in [6, 6.07) is 0. The summed E-state index contributed by atoms with van der Waals surface area (Å²) in [4.78, 5) is 0. The minimum atomic E-state index is 0.874. The van der Waals surface area contributed by atoms with Crippen LogP contribution in [-0.2, 0) is 0 Å². The van der Waals surface area contributed by atoms with Crippen molar-refractivity contribution in [1.29, 1.82) is 0 Å². The molecule has 0 saturated heterocycles. The van der Waals surface area contributed by atoms with Crippen molar-refractivity contribution in [3.8, 4) is 0 Å². The fraction of sp³-hybridized carbons (Fsp3) is 1.00. The Hall–Kier alpha value is 0. The standard InChI is InChI=1S/C14H28/c1-9(2)13-8-14(10(3)4)12(6)7-11(13)5/h9-14H,7-8H2,1-6H3. The zero-order valence-corrected chi connectivity index (χ0v) is 10.9. The molecule has 0 aliphatic heterocycles. The maximum Gasteiger partial charge on any atom is -0.0362 e. The monoisotopic (exact) mass is 196 g/mol. The zero-order valence-electron chi connectivity index (χ0n) is 10.9. The summed E-state index contributed by atoms with van der Waals surface area (Å²) >= 11 is 0. The highest BCUT2D eigenvalue weighted by atomic mass is 14.4. The summed E-state index contributed by atoms with van der Waals surface area (Å²) in [5.41, 5.74) is 0. The van der Waals surface area contributed by atoms with Gasteiger partial charge < -0.3 is 0 Å². The highest BCUT2D eigenvalue weighted by molar-refractivity contribution is 4.84. The first kappa shape index (κ1) is 12.1. The van der Waals surface area contributed by atoms with Gasteiger partial charge in [-0.15, -0.1) is 0 Å². The Morgan fingerprint density at radius 3 is 1.36 bits per heavy atom. The molecule has 4 atom stereocenters. The quantitative estimate of drug-likeness (QED) is 0.605. The molecule has 84 valence electrons. The van der Waals surface area contributed by atoms with Crippen LogP contribution in [0.4, 0.5) is 0 Å². The lowest BCUT2D eigenvalue weighted by molar-refractivity contribution is 0.0737. The van der Waals surface area contributed by atoms with Crippen molar-refractivity contribution in [2.45, 2.75) is 54.4 Å². The van der Waals surface area contributed by atoms with E-state index in [0.717, 1.165) is 35.5 Å². The van der Waals surface area contributed by atoms with Crippen molar-refractivity contribution >= 4 is 0 Å². The van der Waals surface area contributed by atoms with E-state index in [4.69, 9.17) is 0 Å². The molecule has 0 N–H and O–H groups in total. The Morgan fingerprint density at radius 1 is 0.714 bits per heavy atom. The molecule has 14 heavy (non-hydrogen) atoms. The van der Waals surface area contributed by atoms with Crippen LogP contribution in [0.3, 0.4) is 0 Å². The summed E-state index contributed by atoms with van der Waals surface area (Å²) in [5, 5.41) is 0. The van der Waals surface area contributed by atoms with Crippen LogP contribution >= 0.6 is 0 Å².